The lowest BCUT2D eigenvalue weighted by Crippen LogP contribution is -2.04. The summed E-state index contributed by atoms with van der Waals surface area (Å²) < 4.78 is 0. The number of hydrogen-bond acceptors (Lipinski definition) is 3. The molecule has 0 spiro atoms. The van der Waals surface area contributed by atoms with Gasteiger partial charge in [0.05, 0.1) is 5.71 Å². The number of nitrogens with one attached hydrogen (secondary N) is 1. The van der Waals surface area contributed by atoms with Crippen molar-refractivity contribution in [3.8, 4) is 0 Å². The lowest BCUT2D eigenvalue weighted by atomic mass is 10.3. The third-order valence-electron chi connectivity index (χ3n) is 1.16. The minimum atomic E-state index is 0.882. The third kappa shape index (κ3) is 0.857. The molecule has 0 bridgehead atoms. The molecule has 0 aromatic carbocycles. The fourth-order valence-corrected chi connectivity index (χ4v) is 0.697. The van der Waals surface area contributed by atoms with Crippen molar-refractivity contribution in [1.82, 2.24) is 5.01 Å². The lowest BCUT2D eigenvalue weighted by Gasteiger charge is -2.00. The van der Waals surface area contributed by atoms with Gasteiger partial charge < -0.3 is 5.41 Å². The van der Waals surface area contributed by atoms with Gasteiger partial charge in [0.1, 0.15) is 0 Å². The van der Waals surface area contributed by atoms with Gasteiger partial charge in [0.2, 0.25) is 0 Å². The summed E-state index contributed by atoms with van der Waals surface area (Å²) in [5, 5.41) is 12.7. The quantitative estimate of drug-likeness (QED) is 0.486. The van der Waals surface area contributed by atoms with E-state index in [9.17, 15) is 0 Å². The molecule has 1 N–H and O–H groups in total. The van der Waals surface area contributed by atoms with Crippen molar-refractivity contribution in [2.45, 2.75) is 6.42 Å². The zero-order chi connectivity index (χ0) is 5.98. The molecule has 0 unspecified atom stereocenters. The Kier molecular flexibility index (Phi) is 1.28. The first-order valence-electron chi connectivity index (χ1n) is 2.62. The van der Waals surface area contributed by atoms with Gasteiger partial charge in [0.25, 0.3) is 0 Å². The second-order valence-electron chi connectivity index (χ2n) is 1.87. The largest absolute Gasteiger partial charge is 0.307 e. The van der Waals surface area contributed by atoms with Gasteiger partial charge in [0.15, 0.2) is 0 Å². The predicted molar refractivity (Wildman–Crippen MR) is 33.5 cm³/mol. The molecular formula is C5H9N3. The highest BCUT2D eigenvalue weighted by molar-refractivity contribution is 6.29. The van der Waals surface area contributed by atoms with Crippen molar-refractivity contribution in [2.24, 2.45) is 5.10 Å². The molecule has 3 nitrogen and oxygen atoms in total. The normalized spacial score (nSPS) is 18.6. The van der Waals surface area contributed by atoms with Crippen LogP contribution in [0.1, 0.15) is 6.42 Å². The van der Waals surface area contributed by atoms with Gasteiger partial charge in [-0.15, -0.1) is 0 Å². The van der Waals surface area contributed by atoms with Gasteiger partial charge in [-0.2, -0.15) is 5.10 Å². The van der Waals surface area contributed by atoms with E-state index in [1.807, 2.05) is 12.1 Å². The van der Waals surface area contributed by atoms with Gasteiger partial charge in [-0.05, 0) is 0 Å². The van der Waals surface area contributed by atoms with E-state index in [1.54, 1.807) is 0 Å². The summed E-state index contributed by atoms with van der Waals surface area (Å²) in [4.78, 5) is 0. The monoisotopic (exact) mass is 111 g/mol. The van der Waals surface area contributed by atoms with Gasteiger partial charge in [-0.1, -0.05) is 0 Å². The average molecular weight is 111 g/mol. The van der Waals surface area contributed by atoms with Gasteiger partial charge in [-0.3, -0.25) is 5.01 Å². The molecule has 0 saturated carbocycles. The van der Waals surface area contributed by atoms with Crippen LogP contribution in [-0.2, 0) is 0 Å². The maximum Gasteiger partial charge on any atom is 0.0798 e. The molecule has 0 radical (unpaired) electrons. The summed E-state index contributed by atoms with van der Waals surface area (Å²) in [6, 6.07) is 0. The highest BCUT2D eigenvalue weighted by atomic mass is 15.5. The molecule has 1 heterocycles. The molecule has 1 rings (SSSR count). The number of rotatable bonds is 1. The Morgan fingerprint density at radius 2 is 2.62 bits per heavy atom. The van der Waals surface area contributed by atoms with Crippen LogP contribution in [0, 0.1) is 5.41 Å². The molecule has 0 fully saturated rings. The van der Waals surface area contributed by atoms with Crippen molar-refractivity contribution in [3.05, 3.63) is 0 Å². The smallest absolute Gasteiger partial charge is 0.0798 e. The summed E-state index contributed by atoms with van der Waals surface area (Å²) in [5.41, 5.74) is 0.882. The van der Waals surface area contributed by atoms with Gasteiger partial charge in [0, 0.05) is 26.2 Å². The Hall–Kier alpha value is -0.860. The van der Waals surface area contributed by atoms with E-state index >= 15 is 0 Å². The number of nitrogens with zero attached hydrogens (tertiary/aromatic N) is 2. The molecule has 1 aliphatic rings. The predicted octanol–water partition coefficient (Wildman–Crippen LogP) is 0.327. The van der Waals surface area contributed by atoms with Crippen LogP contribution in [0.25, 0.3) is 0 Å². The molecule has 0 aliphatic carbocycles. The van der Waals surface area contributed by atoms with E-state index in [-0.39, 0.29) is 0 Å². The van der Waals surface area contributed by atoms with Crippen molar-refractivity contribution >= 4 is 11.9 Å². The van der Waals surface area contributed by atoms with Crippen LogP contribution in [0.2, 0.25) is 0 Å². The average Bonchev–Trinajstić information content (AvgIpc) is 2.14. The van der Waals surface area contributed by atoms with E-state index < -0.39 is 0 Å². The number of hydrazone groups is 1. The third-order valence-corrected chi connectivity index (χ3v) is 1.16. The fraction of sp³-hybridized carbons (Fsp3) is 0.600. The van der Waals surface area contributed by atoms with Crippen LogP contribution >= 0.6 is 0 Å². The Balaban J connectivity index is 2.56. The first-order valence-corrected chi connectivity index (χ1v) is 2.62. The zero-order valence-corrected chi connectivity index (χ0v) is 4.89. The van der Waals surface area contributed by atoms with Gasteiger partial charge in [-0.25, -0.2) is 0 Å². The van der Waals surface area contributed by atoms with Crippen LogP contribution in [0.5, 0.6) is 0 Å². The zero-order valence-electron chi connectivity index (χ0n) is 4.89. The molecule has 0 amide bonds. The maximum atomic E-state index is 6.81. The maximum absolute atomic E-state index is 6.81. The molecule has 0 aromatic rings. The van der Waals surface area contributed by atoms with Gasteiger partial charge >= 0.3 is 0 Å². The second kappa shape index (κ2) is 1.94. The van der Waals surface area contributed by atoms with E-state index in [0.717, 1.165) is 18.7 Å². The molecule has 0 saturated heterocycles. The van der Waals surface area contributed by atoms with E-state index in [1.165, 1.54) is 6.21 Å². The van der Waals surface area contributed by atoms with Crippen LogP contribution < -0.4 is 0 Å². The molecule has 8 heavy (non-hydrogen) atoms. The first kappa shape index (κ1) is 5.28. The first-order chi connectivity index (χ1) is 3.83. The topological polar surface area (TPSA) is 39.5 Å². The van der Waals surface area contributed by atoms with Crippen molar-refractivity contribution in [3.63, 3.8) is 0 Å². The fourth-order valence-electron chi connectivity index (χ4n) is 0.697. The Bertz CT molecular complexity index is 128. The Morgan fingerprint density at radius 1 is 1.88 bits per heavy atom. The molecular weight excluding hydrogens is 102 g/mol. The Labute approximate surface area is 48.5 Å². The van der Waals surface area contributed by atoms with E-state index in [2.05, 4.69) is 5.10 Å². The molecule has 1 aliphatic heterocycles. The second-order valence-corrected chi connectivity index (χ2v) is 1.87. The summed E-state index contributed by atoms with van der Waals surface area (Å²) in [7, 11) is 1.91. The minimum Gasteiger partial charge on any atom is -0.307 e. The SMILES string of the molecule is CN1CCC(C=N)=N1. The molecule has 3 heteroatoms. The molecule has 44 valence electrons. The highest BCUT2D eigenvalue weighted by Crippen LogP contribution is 1.99. The highest BCUT2D eigenvalue weighted by Gasteiger charge is 2.06. The summed E-state index contributed by atoms with van der Waals surface area (Å²) in [6.07, 6.45) is 2.24. The molecule has 0 atom stereocenters. The summed E-state index contributed by atoms with van der Waals surface area (Å²) in [6.45, 7) is 0.963. The Morgan fingerprint density at radius 3 is 2.88 bits per heavy atom. The van der Waals surface area contributed by atoms with Crippen LogP contribution in [0.4, 0.5) is 0 Å². The van der Waals surface area contributed by atoms with Crippen LogP contribution in [-0.4, -0.2) is 30.5 Å². The number of hydrogen-bond donors (Lipinski definition) is 1. The van der Waals surface area contributed by atoms with Crippen molar-refractivity contribution in [1.29, 1.82) is 5.41 Å². The minimum absolute atomic E-state index is 0.882. The van der Waals surface area contributed by atoms with Crippen molar-refractivity contribution < 1.29 is 0 Å². The molecule has 0 aromatic heterocycles. The standard InChI is InChI=1S/C5H9N3/c1-8-3-2-5(4-6)7-8/h4,6H,2-3H2,1H3. The summed E-state index contributed by atoms with van der Waals surface area (Å²) in [5.74, 6) is 0. The van der Waals surface area contributed by atoms with E-state index in [0.29, 0.717) is 0 Å². The van der Waals surface area contributed by atoms with Crippen molar-refractivity contribution in [2.75, 3.05) is 13.6 Å². The summed E-state index contributed by atoms with van der Waals surface area (Å²) >= 11 is 0. The van der Waals surface area contributed by atoms with E-state index in [4.69, 9.17) is 5.41 Å². The lowest BCUT2D eigenvalue weighted by molar-refractivity contribution is 0.393. The van der Waals surface area contributed by atoms with Crippen LogP contribution in [0.3, 0.4) is 0 Å². The van der Waals surface area contributed by atoms with Crippen LogP contribution in [0.15, 0.2) is 5.10 Å².